The van der Waals surface area contributed by atoms with Gasteiger partial charge < -0.3 is 10.1 Å². The molecule has 1 aliphatic carbocycles. The van der Waals surface area contributed by atoms with Gasteiger partial charge in [-0.2, -0.15) is 0 Å². The van der Waals surface area contributed by atoms with Gasteiger partial charge in [-0.05, 0) is 56.5 Å². The fourth-order valence-electron chi connectivity index (χ4n) is 2.78. The Kier molecular flexibility index (Phi) is 3.72. The lowest BCUT2D eigenvalue weighted by atomic mass is 10.1. The van der Waals surface area contributed by atoms with Crippen LogP contribution < -0.4 is 10.1 Å². The van der Waals surface area contributed by atoms with Crippen LogP contribution in [0, 0.1) is 0 Å². The van der Waals surface area contributed by atoms with Gasteiger partial charge in [-0.15, -0.1) is 0 Å². The van der Waals surface area contributed by atoms with Gasteiger partial charge in [0.2, 0.25) is 0 Å². The van der Waals surface area contributed by atoms with Gasteiger partial charge >= 0.3 is 0 Å². The fraction of sp³-hybridized carbons (Fsp3) is 0.412. The molecule has 5 heteroatoms. The summed E-state index contributed by atoms with van der Waals surface area (Å²) in [6.07, 6.45) is 6.56. The van der Waals surface area contributed by atoms with Crippen LogP contribution in [0.2, 0.25) is 5.02 Å². The summed E-state index contributed by atoms with van der Waals surface area (Å²) < 4.78 is 5.78. The van der Waals surface area contributed by atoms with Gasteiger partial charge in [-0.1, -0.05) is 11.6 Å². The molecule has 2 heterocycles. The molecule has 0 spiro atoms. The van der Waals surface area contributed by atoms with Crippen molar-refractivity contribution in [2.45, 2.75) is 37.8 Å². The van der Waals surface area contributed by atoms with Crippen molar-refractivity contribution >= 4 is 11.6 Å². The molecule has 2 fully saturated rings. The predicted molar refractivity (Wildman–Crippen MR) is 86.1 cm³/mol. The molecule has 0 bridgehead atoms. The molecular formula is C17H18ClN3O. The summed E-state index contributed by atoms with van der Waals surface area (Å²) in [6, 6.07) is 8.27. The quantitative estimate of drug-likeness (QED) is 0.933. The Morgan fingerprint density at radius 1 is 1.14 bits per heavy atom. The molecular weight excluding hydrogens is 298 g/mol. The van der Waals surface area contributed by atoms with Crippen molar-refractivity contribution in [3.8, 4) is 17.0 Å². The Bertz CT molecular complexity index is 681. The third-order valence-electron chi connectivity index (χ3n) is 4.15. The highest BCUT2D eigenvalue weighted by molar-refractivity contribution is 6.32. The van der Waals surface area contributed by atoms with Crippen molar-refractivity contribution in [1.29, 1.82) is 0 Å². The predicted octanol–water partition coefficient (Wildman–Crippen LogP) is 3.76. The lowest BCUT2D eigenvalue weighted by molar-refractivity contribution is 0.303. The van der Waals surface area contributed by atoms with Crippen LogP contribution >= 0.6 is 11.6 Å². The van der Waals surface area contributed by atoms with Crippen LogP contribution in [-0.4, -0.2) is 22.6 Å². The van der Waals surface area contributed by atoms with Crippen molar-refractivity contribution in [2.75, 3.05) is 6.54 Å². The number of ether oxygens (including phenoxy) is 1. The zero-order chi connectivity index (χ0) is 14.9. The normalized spacial score (nSPS) is 21.0. The van der Waals surface area contributed by atoms with E-state index in [1.807, 2.05) is 18.2 Å². The standard InChI is InChI=1S/C17H18ClN3O/c18-13-8-11(3-6-17(13)22-12-4-5-12)15-9-16(21-10-20-15)14-2-1-7-19-14/h3,6,8-10,12,14,19H,1-2,4-5,7H2. The molecule has 1 saturated carbocycles. The van der Waals surface area contributed by atoms with E-state index >= 15 is 0 Å². The van der Waals surface area contributed by atoms with Gasteiger partial charge in [0.15, 0.2) is 0 Å². The SMILES string of the molecule is Clc1cc(-c2cc(C3CCCN3)ncn2)ccc1OC1CC1. The summed E-state index contributed by atoms with van der Waals surface area (Å²) in [7, 11) is 0. The Hall–Kier alpha value is -1.65. The molecule has 4 rings (SSSR count). The van der Waals surface area contributed by atoms with E-state index < -0.39 is 0 Å². The number of hydrogen-bond donors (Lipinski definition) is 1. The molecule has 0 amide bonds. The molecule has 1 aromatic heterocycles. The number of nitrogens with zero attached hydrogens (tertiary/aromatic N) is 2. The molecule has 2 aromatic rings. The maximum Gasteiger partial charge on any atom is 0.138 e. The summed E-state index contributed by atoms with van der Waals surface area (Å²) in [5.41, 5.74) is 2.95. The third-order valence-corrected chi connectivity index (χ3v) is 4.45. The first-order chi connectivity index (χ1) is 10.8. The number of rotatable bonds is 4. The Morgan fingerprint density at radius 3 is 2.77 bits per heavy atom. The summed E-state index contributed by atoms with van der Waals surface area (Å²) in [5, 5.41) is 4.11. The van der Waals surface area contributed by atoms with E-state index in [4.69, 9.17) is 16.3 Å². The van der Waals surface area contributed by atoms with Gasteiger partial charge in [0.05, 0.1) is 22.5 Å². The second kappa shape index (κ2) is 5.86. The van der Waals surface area contributed by atoms with Crippen molar-refractivity contribution in [3.05, 3.63) is 41.3 Å². The first-order valence-electron chi connectivity index (χ1n) is 7.81. The molecule has 4 nitrogen and oxygen atoms in total. The van der Waals surface area contributed by atoms with Crippen LogP contribution in [0.4, 0.5) is 0 Å². The van der Waals surface area contributed by atoms with Gasteiger partial charge in [0, 0.05) is 11.6 Å². The number of halogens is 1. The summed E-state index contributed by atoms with van der Waals surface area (Å²) in [6.45, 7) is 1.06. The van der Waals surface area contributed by atoms with Crippen molar-refractivity contribution < 1.29 is 4.74 Å². The number of nitrogens with one attached hydrogen (secondary N) is 1. The number of aromatic nitrogens is 2. The summed E-state index contributed by atoms with van der Waals surface area (Å²) in [4.78, 5) is 8.79. The molecule has 1 atom stereocenters. The largest absolute Gasteiger partial charge is 0.489 e. The van der Waals surface area contributed by atoms with E-state index in [1.165, 1.54) is 6.42 Å². The maximum absolute atomic E-state index is 6.34. The average molecular weight is 316 g/mol. The molecule has 1 unspecified atom stereocenters. The molecule has 1 saturated heterocycles. The van der Waals surface area contributed by atoms with Crippen LogP contribution in [0.3, 0.4) is 0 Å². The zero-order valence-electron chi connectivity index (χ0n) is 12.3. The van der Waals surface area contributed by atoms with E-state index in [2.05, 4.69) is 21.4 Å². The molecule has 114 valence electrons. The molecule has 22 heavy (non-hydrogen) atoms. The lowest BCUT2D eigenvalue weighted by Gasteiger charge is -2.11. The van der Waals surface area contributed by atoms with Gasteiger partial charge in [0.25, 0.3) is 0 Å². The molecule has 0 radical (unpaired) electrons. The summed E-state index contributed by atoms with van der Waals surface area (Å²) >= 11 is 6.34. The van der Waals surface area contributed by atoms with Crippen LogP contribution in [-0.2, 0) is 0 Å². The van der Waals surface area contributed by atoms with Gasteiger partial charge in [-0.25, -0.2) is 9.97 Å². The van der Waals surface area contributed by atoms with Crippen LogP contribution in [0.25, 0.3) is 11.3 Å². The molecule has 1 aliphatic heterocycles. The Balaban J connectivity index is 1.60. The average Bonchev–Trinajstić information content (AvgIpc) is 3.19. The first-order valence-corrected chi connectivity index (χ1v) is 8.19. The molecule has 2 aliphatic rings. The van der Waals surface area contributed by atoms with Crippen LogP contribution in [0.15, 0.2) is 30.6 Å². The molecule has 1 aromatic carbocycles. The maximum atomic E-state index is 6.34. The number of hydrogen-bond acceptors (Lipinski definition) is 4. The summed E-state index contributed by atoms with van der Waals surface area (Å²) in [5.74, 6) is 0.764. The lowest BCUT2D eigenvalue weighted by Crippen LogP contribution is -2.14. The van der Waals surface area contributed by atoms with E-state index in [9.17, 15) is 0 Å². The minimum atomic E-state index is 0.342. The Labute approximate surface area is 134 Å². The Morgan fingerprint density at radius 2 is 2.05 bits per heavy atom. The minimum Gasteiger partial charge on any atom is -0.489 e. The van der Waals surface area contributed by atoms with Gasteiger partial charge in [0.1, 0.15) is 12.1 Å². The molecule has 1 N–H and O–H groups in total. The van der Waals surface area contributed by atoms with E-state index in [1.54, 1.807) is 6.33 Å². The first kappa shape index (κ1) is 14.0. The van der Waals surface area contributed by atoms with Gasteiger partial charge in [-0.3, -0.25) is 0 Å². The smallest absolute Gasteiger partial charge is 0.138 e. The van der Waals surface area contributed by atoms with Crippen LogP contribution in [0.1, 0.15) is 37.4 Å². The topological polar surface area (TPSA) is 47.0 Å². The van der Waals surface area contributed by atoms with Crippen LogP contribution in [0.5, 0.6) is 5.75 Å². The van der Waals surface area contributed by atoms with Crippen molar-refractivity contribution in [3.63, 3.8) is 0 Å². The van der Waals surface area contributed by atoms with E-state index in [0.29, 0.717) is 17.2 Å². The van der Waals surface area contributed by atoms with E-state index in [-0.39, 0.29) is 0 Å². The highest BCUT2D eigenvalue weighted by Crippen LogP contribution is 2.34. The second-order valence-electron chi connectivity index (χ2n) is 5.94. The zero-order valence-corrected chi connectivity index (χ0v) is 13.0. The monoisotopic (exact) mass is 315 g/mol. The fourth-order valence-corrected chi connectivity index (χ4v) is 3.00. The third kappa shape index (κ3) is 2.94. The number of benzene rings is 1. The van der Waals surface area contributed by atoms with Crippen molar-refractivity contribution in [1.82, 2.24) is 15.3 Å². The van der Waals surface area contributed by atoms with Crippen molar-refractivity contribution in [2.24, 2.45) is 0 Å². The second-order valence-corrected chi connectivity index (χ2v) is 6.35. The highest BCUT2D eigenvalue weighted by atomic mass is 35.5. The minimum absolute atomic E-state index is 0.342. The van der Waals surface area contributed by atoms with E-state index in [0.717, 1.165) is 48.5 Å². The highest BCUT2D eigenvalue weighted by Gasteiger charge is 2.24.